The van der Waals surface area contributed by atoms with Gasteiger partial charge in [-0.15, -0.1) is 0 Å². The number of carbonyl (C=O) groups is 2. The quantitative estimate of drug-likeness (QED) is 0.118. The molecule has 6 aromatic carbocycles. The fourth-order valence-electron chi connectivity index (χ4n) is 12.4. The van der Waals surface area contributed by atoms with E-state index in [1.807, 2.05) is 139 Å². The van der Waals surface area contributed by atoms with Crippen molar-refractivity contribution in [1.82, 2.24) is 0 Å². The molecule has 0 aliphatic heterocycles. The molecule has 4 fully saturated rings. The summed E-state index contributed by atoms with van der Waals surface area (Å²) in [5.74, 6) is -0.880. The molecule has 330 valence electrons. The highest BCUT2D eigenvalue weighted by Crippen LogP contribution is 2.66. The molecule has 4 atom stereocenters. The summed E-state index contributed by atoms with van der Waals surface area (Å²) in [6.07, 6.45) is 3.17. The smallest absolute Gasteiger partial charge is 0.310 e. The average molecular weight is 895 g/mol. The van der Waals surface area contributed by atoms with Crippen LogP contribution in [-0.2, 0) is 29.8 Å². The molecule has 10 rings (SSSR count). The molecule has 4 aliphatic rings. The lowest BCUT2D eigenvalue weighted by atomic mass is 9.70. The Hall–Kier alpha value is -5.32. The van der Waals surface area contributed by atoms with Gasteiger partial charge in [0.25, 0.3) is 0 Å². The van der Waals surface area contributed by atoms with Gasteiger partial charge in [-0.25, -0.2) is 0 Å². The van der Waals surface area contributed by atoms with Crippen molar-refractivity contribution < 1.29 is 34.8 Å². The Morgan fingerprint density at radius 3 is 1.17 bits per heavy atom. The Bertz CT molecular complexity index is 2950. The van der Waals surface area contributed by atoms with Crippen molar-refractivity contribution in [3.63, 3.8) is 0 Å². The molecule has 10 heteroatoms. The van der Waals surface area contributed by atoms with Crippen molar-refractivity contribution in [1.29, 1.82) is 0 Å². The number of ketones is 2. The second-order valence-corrected chi connectivity index (χ2v) is 23.5. The van der Waals surface area contributed by atoms with Gasteiger partial charge in [-0.3, -0.25) is 9.59 Å². The van der Waals surface area contributed by atoms with E-state index in [4.69, 9.17) is 8.37 Å². The van der Waals surface area contributed by atoms with Crippen molar-refractivity contribution in [2.75, 3.05) is 11.5 Å². The fraction of sp³-hybridized carbons (Fsp3) is 0.370. The number of hydrogen-bond donors (Lipinski definition) is 0. The van der Waals surface area contributed by atoms with E-state index in [1.54, 1.807) is 12.1 Å². The Morgan fingerprint density at radius 1 is 0.516 bits per heavy atom. The van der Waals surface area contributed by atoms with Crippen LogP contribution in [0.4, 0.5) is 0 Å². The van der Waals surface area contributed by atoms with Gasteiger partial charge in [0.2, 0.25) is 0 Å². The van der Waals surface area contributed by atoms with E-state index in [0.29, 0.717) is 58.7 Å². The third kappa shape index (κ3) is 6.48. The molecule has 0 unspecified atom stereocenters. The number of aryl methyl sites for hydroxylation is 2. The van der Waals surface area contributed by atoms with Gasteiger partial charge >= 0.3 is 20.2 Å². The lowest BCUT2D eigenvalue weighted by Gasteiger charge is -2.36. The van der Waals surface area contributed by atoms with Crippen LogP contribution < -0.4 is 8.37 Å². The highest BCUT2D eigenvalue weighted by Gasteiger charge is 2.67. The van der Waals surface area contributed by atoms with Gasteiger partial charge in [0.05, 0.1) is 22.3 Å². The van der Waals surface area contributed by atoms with E-state index in [-0.39, 0.29) is 34.9 Å². The standard InChI is InChI=1S/C54H54O8S2/c1-33-15-19-35(20-16-33)43-29-45(61-63(57,58)31-53-25-23-37(27-47(53)55)51(53,3)4)49(41-13-9-7-11-39(41)43)50-42-14-10-8-12-40(42)44(36-21-17-34(2)18-22-36)30-46(50)62-64(59,60)32-54-26-24-38(28-48(54)56)52(54,5)6/h7-22,29-30,37-38H,23-28,31-32H2,1-6H3/t37-,38-,53-,54-/m1/s1. The first-order valence-electron chi connectivity index (χ1n) is 22.4. The first kappa shape index (κ1) is 42.6. The molecule has 64 heavy (non-hydrogen) atoms. The zero-order valence-electron chi connectivity index (χ0n) is 37.3. The normalized spacial score (nSPS) is 24.5. The van der Waals surface area contributed by atoms with Gasteiger partial charge < -0.3 is 8.37 Å². The van der Waals surface area contributed by atoms with Gasteiger partial charge in [0, 0.05) is 24.0 Å². The van der Waals surface area contributed by atoms with Gasteiger partial charge in [-0.2, -0.15) is 16.8 Å². The Balaban J connectivity index is 1.24. The van der Waals surface area contributed by atoms with Crippen LogP contribution in [0.25, 0.3) is 54.9 Å². The van der Waals surface area contributed by atoms with E-state index >= 15 is 0 Å². The van der Waals surface area contributed by atoms with E-state index in [0.717, 1.165) is 45.9 Å². The summed E-state index contributed by atoms with van der Waals surface area (Å²) < 4.78 is 72.3. The SMILES string of the molecule is Cc1ccc(-c2cc(OS(=O)(=O)C[C@]34CC[C@H](CC3=O)C4(C)C)c(-c3c(OS(=O)(=O)C[C@]45CC[C@H](CC4=O)C5(C)C)cc(-c4ccc(C)cc4)c4ccccc34)c3ccccc23)cc1. The van der Waals surface area contributed by atoms with E-state index in [2.05, 4.69) is 0 Å². The number of carbonyl (C=O) groups excluding carboxylic acids is 2. The van der Waals surface area contributed by atoms with Gasteiger partial charge in [0.1, 0.15) is 11.6 Å². The maximum atomic E-state index is 14.9. The third-order valence-corrected chi connectivity index (χ3v) is 19.1. The second kappa shape index (κ2) is 14.6. The molecule has 0 radical (unpaired) electrons. The first-order chi connectivity index (χ1) is 30.3. The van der Waals surface area contributed by atoms with E-state index in [9.17, 15) is 26.4 Å². The molecule has 4 bridgehead atoms. The molecule has 4 aliphatic carbocycles. The first-order valence-corrected chi connectivity index (χ1v) is 25.6. The highest BCUT2D eigenvalue weighted by atomic mass is 32.2. The highest BCUT2D eigenvalue weighted by molar-refractivity contribution is 7.87. The minimum absolute atomic E-state index is 0.0108. The second-order valence-electron chi connectivity index (χ2n) is 20.3. The van der Waals surface area contributed by atoms with E-state index < -0.39 is 53.4 Å². The monoisotopic (exact) mass is 894 g/mol. The third-order valence-electron chi connectivity index (χ3n) is 16.6. The largest absolute Gasteiger partial charge is 0.382 e. The van der Waals surface area contributed by atoms with Crippen LogP contribution in [0.1, 0.15) is 77.3 Å². The van der Waals surface area contributed by atoms with Crippen LogP contribution in [0.3, 0.4) is 0 Å². The number of fused-ring (bicyclic) bond motifs is 6. The van der Waals surface area contributed by atoms with Crippen molar-refractivity contribution in [2.45, 2.75) is 80.1 Å². The molecule has 0 N–H and O–H groups in total. The molecule has 6 aromatic rings. The molecule has 0 heterocycles. The summed E-state index contributed by atoms with van der Waals surface area (Å²) in [6.45, 7) is 12.0. The molecule has 0 spiro atoms. The average Bonchev–Trinajstić information content (AvgIpc) is 3.77. The number of hydrogen-bond acceptors (Lipinski definition) is 8. The minimum atomic E-state index is -4.49. The van der Waals surface area contributed by atoms with E-state index in [1.165, 1.54) is 0 Å². The predicted molar refractivity (Wildman–Crippen MR) is 253 cm³/mol. The summed E-state index contributed by atoms with van der Waals surface area (Å²) >= 11 is 0. The summed E-state index contributed by atoms with van der Waals surface area (Å²) in [5, 5.41) is 2.79. The van der Waals surface area contributed by atoms with Gasteiger partial charge in [0.15, 0.2) is 11.5 Å². The summed E-state index contributed by atoms with van der Waals surface area (Å²) in [7, 11) is -8.97. The molecular weight excluding hydrogens is 841 g/mol. The van der Waals surface area contributed by atoms with Gasteiger partial charge in [-0.05, 0) is 118 Å². The maximum absolute atomic E-state index is 14.9. The van der Waals surface area contributed by atoms with Crippen molar-refractivity contribution in [2.24, 2.45) is 33.5 Å². The van der Waals surface area contributed by atoms with Crippen LogP contribution >= 0.6 is 0 Å². The maximum Gasteiger partial charge on any atom is 0.310 e. The van der Waals surface area contributed by atoms with Crippen LogP contribution in [0.15, 0.2) is 109 Å². The Morgan fingerprint density at radius 2 is 0.859 bits per heavy atom. The topological polar surface area (TPSA) is 121 Å². The number of rotatable bonds is 11. The fourth-order valence-corrected chi connectivity index (χ4v) is 15.9. The minimum Gasteiger partial charge on any atom is -0.382 e. The predicted octanol–water partition coefficient (Wildman–Crippen LogP) is 11.8. The summed E-state index contributed by atoms with van der Waals surface area (Å²) in [4.78, 5) is 27.5. The van der Waals surface area contributed by atoms with Crippen LogP contribution in [0.5, 0.6) is 11.5 Å². The lowest BCUT2D eigenvalue weighted by Crippen LogP contribution is -2.43. The Labute approximate surface area is 376 Å². The molecule has 4 saturated carbocycles. The lowest BCUT2D eigenvalue weighted by molar-refractivity contribution is -0.128. The number of benzene rings is 6. The van der Waals surface area contributed by atoms with Crippen molar-refractivity contribution >= 4 is 53.3 Å². The van der Waals surface area contributed by atoms with Crippen molar-refractivity contribution in [3.8, 4) is 44.9 Å². The summed E-state index contributed by atoms with van der Waals surface area (Å²) in [5.41, 5.74) is 2.61. The van der Waals surface area contributed by atoms with Crippen molar-refractivity contribution in [3.05, 3.63) is 120 Å². The molecular formula is C54H54O8S2. The zero-order valence-corrected chi connectivity index (χ0v) is 38.9. The molecule has 8 nitrogen and oxygen atoms in total. The Kier molecular flexibility index (Phi) is 9.72. The summed E-state index contributed by atoms with van der Waals surface area (Å²) in [6, 6.07) is 34.7. The molecule has 0 saturated heterocycles. The number of Topliss-reactive ketones (excluding diaryl/α,β-unsaturated/α-hetero) is 2. The van der Waals surface area contributed by atoms with Crippen LogP contribution in [0, 0.1) is 47.3 Å². The van der Waals surface area contributed by atoms with Gasteiger partial charge in [-0.1, -0.05) is 136 Å². The molecule has 0 aromatic heterocycles. The molecule has 0 amide bonds. The zero-order chi connectivity index (χ0) is 45.2. The van der Waals surface area contributed by atoms with Crippen LogP contribution in [-0.4, -0.2) is 39.9 Å². The van der Waals surface area contributed by atoms with Crippen LogP contribution in [0.2, 0.25) is 0 Å².